The van der Waals surface area contributed by atoms with Crippen LogP contribution < -0.4 is 0 Å². The van der Waals surface area contributed by atoms with Gasteiger partial charge < -0.3 is 20.4 Å². The highest BCUT2D eigenvalue weighted by Crippen LogP contribution is 2.03. The summed E-state index contributed by atoms with van der Waals surface area (Å²) in [5.41, 5.74) is 0. The molecule has 0 aliphatic heterocycles. The van der Waals surface area contributed by atoms with Gasteiger partial charge in [-0.15, -0.1) is 0 Å². The Morgan fingerprint density at radius 3 is 2.10 bits per heavy atom. The second kappa shape index (κ2) is 3.62. The van der Waals surface area contributed by atoms with Gasteiger partial charge in [-0.05, 0) is 0 Å². The summed E-state index contributed by atoms with van der Waals surface area (Å²) in [4.78, 5) is 10.3. The van der Waals surface area contributed by atoms with E-state index in [0.717, 1.165) is 0 Å². The predicted octanol–water partition coefficient (Wildman–Crippen LogP) is -2.04. The van der Waals surface area contributed by atoms with Gasteiger partial charge in [0.15, 0.2) is 5.78 Å². The summed E-state index contributed by atoms with van der Waals surface area (Å²) in [7, 11) is 0. The molecule has 0 radical (unpaired) electrons. The Balaban J connectivity index is 3.46. The molecule has 0 aliphatic carbocycles. The van der Waals surface area contributed by atoms with E-state index in [1.807, 2.05) is 0 Å². The lowest BCUT2D eigenvalue weighted by Gasteiger charge is -2.11. The number of hydrogen-bond acceptors (Lipinski definition) is 5. The molecule has 0 rings (SSSR count). The van der Waals surface area contributed by atoms with Gasteiger partial charge in [0.2, 0.25) is 0 Å². The largest absolute Gasteiger partial charge is 0.389 e. The summed E-state index contributed by atoms with van der Waals surface area (Å²) in [6.45, 7) is -0.643. The Bertz CT molecular complexity index is 114. The molecule has 0 aromatic rings. The number of rotatable bonds is 4. The lowest BCUT2D eigenvalue weighted by molar-refractivity contribution is -0.314. The molecule has 60 valence electrons. The third-order valence-electron chi connectivity index (χ3n) is 0.916. The van der Waals surface area contributed by atoms with E-state index >= 15 is 0 Å². The Hall–Kier alpha value is -0.490. The van der Waals surface area contributed by atoms with Crippen LogP contribution in [0.25, 0.3) is 0 Å². The highest BCUT2D eigenvalue weighted by molar-refractivity contribution is 5.79. The van der Waals surface area contributed by atoms with Crippen LogP contribution in [0.5, 0.6) is 0 Å². The first-order valence-corrected chi connectivity index (χ1v) is 2.75. The average Bonchev–Trinajstić information content (AvgIpc) is 1.81. The van der Waals surface area contributed by atoms with Crippen LogP contribution in [0.15, 0.2) is 0 Å². The molecule has 0 spiro atoms. The standard InChI is InChI=1S/C5H10O5/c6-3-4(7)1-2-5(8,9)10/h6,8-10H,1-3H2. The summed E-state index contributed by atoms with van der Waals surface area (Å²) in [5, 5.41) is 32.9. The summed E-state index contributed by atoms with van der Waals surface area (Å²) in [6, 6.07) is 0. The summed E-state index contributed by atoms with van der Waals surface area (Å²) >= 11 is 0. The van der Waals surface area contributed by atoms with Crippen molar-refractivity contribution in [3.63, 3.8) is 0 Å². The molecule has 0 fully saturated rings. The molecule has 0 aliphatic rings. The number of carbonyl (C=O) groups excluding carboxylic acids is 1. The number of aliphatic hydroxyl groups excluding tert-OH is 1. The van der Waals surface area contributed by atoms with Crippen molar-refractivity contribution in [1.29, 1.82) is 0 Å². The maximum Gasteiger partial charge on any atom is 0.275 e. The summed E-state index contributed by atoms with van der Waals surface area (Å²) in [6.07, 6.45) is -0.730. The van der Waals surface area contributed by atoms with Gasteiger partial charge in [0, 0.05) is 12.8 Å². The minimum absolute atomic E-state index is 0.250. The quantitative estimate of drug-likeness (QED) is 0.346. The van der Waals surface area contributed by atoms with Gasteiger partial charge >= 0.3 is 0 Å². The molecule has 0 saturated carbocycles. The van der Waals surface area contributed by atoms with E-state index in [2.05, 4.69) is 0 Å². The molecule has 4 N–H and O–H groups in total. The number of ketones is 1. The van der Waals surface area contributed by atoms with E-state index in [4.69, 9.17) is 20.4 Å². The van der Waals surface area contributed by atoms with Crippen molar-refractivity contribution in [3.05, 3.63) is 0 Å². The van der Waals surface area contributed by atoms with Crippen molar-refractivity contribution in [2.75, 3.05) is 6.61 Å². The fourth-order valence-corrected chi connectivity index (χ4v) is 0.386. The van der Waals surface area contributed by atoms with Gasteiger partial charge in [0.05, 0.1) is 0 Å². The van der Waals surface area contributed by atoms with Crippen molar-refractivity contribution in [1.82, 2.24) is 0 Å². The summed E-state index contributed by atoms with van der Waals surface area (Å²) < 4.78 is 0. The molecule has 0 heterocycles. The Kier molecular flexibility index (Phi) is 3.45. The molecule has 0 saturated heterocycles. The first-order valence-electron chi connectivity index (χ1n) is 2.75. The lowest BCUT2D eigenvalue weighted by Crippen LogP contribution is -2.28. The van der Waals surface area contributed by atoms with E-state index in [-0.39, 0.29) is 6.42 Å². The van der Waals surface area contributed by atoms with Crippen molar-refractivity contribution < 1.29 is 25.2 Å². The zero-order chi connectivity index (χ0) is 8.20. The molecule has 0 atom stereocenters. The zero-order valence-electron chi connectivity index (χ0n) is 5.32. The van der Waals surface area contributed by atoms with Gasteiger partial charge in [-0.3, -0.25) is 4.79 Å². The fourth-order valence-electron chi connectivity index (χ4n) is 0.386. The number of hydrogen-bond donors (Lipinski definition) is 4. The first-order chi connectivity index (χ1) is 4.45. The van der Waals surface area contributed by atoms with Crippen LogP contribution >= 0.6 is 0 Å². The lowest BCUT2D eigenvalue weighted by atomic mass is 10.2. The van der Waals surface area contributed by atoms with Gasteiger partial charge in [-0.1, -0.05) is 0 Å². The van der Waals surface area contributed by atoms with E-state index in [1.54, 1.807) is 0 Å². The van der Waals surface area contributed by atoms with E-state index < -0.39 is 24.8 Å². The molecular formula is C5H10O5. The molecule has 0 aromatic carbocycles. The normalized spacial score (nSPS) is 11.6. The van der Waals surface area contributed by atoms with Crippen LogP contribution in [-0.2, 0) is 4.79 Å². The predicted molar refractivity (Wildman–Crippen MR) is 30.7 cm³/mol. The average molecular weight is 150 g/mol. The van der Waals surface area contributed by atoms with Crippen molar-refractivity contribution in [3.8, 4) is 0 Å². The van der Waals surface area contributed by atoms with E-state index in [9.17, 15) is 4.79 Å². The van der Waals surface area contributed by atoms with Gasteiger partial charge in [-0.25, -0.2) is 0 Å². The van der Waals surface area contributed by atoms with Crippen molar-refractivity contribution in [2.24, 2.45) is 0 Å². The van der Waals surface area contributed by atoms with Crippen molar-refractivity contribution in [2.45, 2.75) is 18.8 Å². The second-order valence-corrected chi connectivity index (χ2v) is 1.97. The third kappa shape index (κ3) is 5.64. The number of aliphatic hydroxyl groups is 4. The fraction of sp³-hybridized carbons (Fsp3) is 0.800. The minimum Gasteiger partial charge on any atom is -0.389 e. The van der Waals surface area contributed by atoms with Crippen LogP contribution in [0.3, 0.4) is 0 Å². The third-order valence-corrected chi connectivity index (χ3v) is 0.916. The van der Waals surface area contributed by atoms with Gasteiger partial charge in [0.1, 0.15) is 6.61 Å². The maximum atomic E-state index is 10.3. The van der Waals surface area contributed by atoms with Crippen LogP contribution in [0.1, 0.15) is 12.8 Å². The highest BCUT2D eigenvalue weighted by atomic mass is 16.7. The van der Waals surface area contributed by atoms with Crippen LogP contribution in [0.2, 0.25) is 0 Å². The van der Waals surface area contributed by atoms with Gasteiger partial charge in [0.25, 0.3) is 5.97 Å². The molecule has 0 bridgehead atoms. The number of Topliss-reactive ketones (excluding diaryl/α,β-unsaturated/α-hetero) is 1. The Morgan fingerprint density at radius 1 is 1.30 bits per heavy atom. The monoisotopic (exact) mass is 150 g/mol. The molecule has 5 nitrogen and oxygen atoms in total. The minimum atomic E-state index is -2.80. The van der Waals surface area contributed by atoms with Crippen molar-refractivity contribution >= 4 is 5.78 Å². The van der Waals surface area contributed by atoms with E-state index in [1.165, 1.54) is 0 Å². The summed E-state index contributed by atoms with van der Waals surface area (Å²) in [5.74, 6) is -3.34. The molecular weight excluding hydrogens is 140 g/mol. The SMILES string of the molecule is O=C(CO)CCC(O)(O)O. The smallest absolute Gasteiger partial charge is 0.275 e. The molecule has 0 aromatic heterocycles. The zero-order valence-corrected chi connectivity index (χ0v) is 5.32. The highest BCUT2D eigenvalue weighted by Gasteiger charge is 2.18. The molecule has 5 heteroatoms. The van der Waals surface area contributed by atoms with E-state index in [0.29, 0.717) is 0 Å². The molecule has 0 unspecified atom stereocenters. The van der Waals surface area contributed by atoms with Crippen LogP contribution in [0, 0.1) is 0 Å². The van der Waals surface area contributed by atoms with Crippen LogP contribution in [0.4, 0.5) is 0 Å². The Labute approximate surface area is 57.5 Å². The Morgan fingerprint density at radius 2 is 1.80 bits per heavy atom. The number of carbonyl (C=O) groups is 1. The van der Waals surface area contributed by atoms with Gasteiger partial charge in [-0.2, -0.15) is 0 Å². The topological polar surface area (TPSA) is 98.0 Å². The maximum absolute atomic E-state index is 10.3. The molecule has 10 heavy (non-hydrogen) atoms. The molecule has 0 amide bonds. The van der Waals surface area contributed by atoms with Crippen LogP contribution in [-0.4, -0.2) is 38.8 Å². The first kappa shape index (κ1) is 9.51. The second-order valence-electron chi connectivity index (χ2n) is 1.97.